The fourth-order valence-corrected chi connectivity index (χ4v) is 6.17. The van der Waals surface area contributed by atoms with Crippen molar-refractivity contribution >= 4 is 27.0 Å². The Hall–Kier alpha value is -2.75. The number of anilines is 1. The molecular formula is C27H33N3O5S. The Kier molecular flexibility index (Phi) is 6.21. The summed E-state index contributed by atoms with van der Waals surface area (Å²) in [5.74, 6) is 0.600. The Bertz CT molecular complexity index is 1470. The van der Waals surface area contributed by atoms with E-state index in [-0.39, 0.29) is 17.2 Å². The summed E-state index contributed by atoms with van der Waals surface area (Å²) in [5, 5.41) is 0.471. The molecule has 3 heterocycles. The molecule has 0 bridgehead atoms. The van der Waals surface area contributed by atoms with Gasteiger partial charge in [0.2, 0.25) is 5.95 Å². The van der Waals surface area contributed by atoms with Crippen LogP contribution in [0.15, 0.2) is 41.2 Å². The van der Waals surface area contributed by atoms with Gasteiger partial charge in [0.05, 0.1) is 22.8 Å². The third kappa shape index (κ3) is 4.79. The molecule has 192 valence electrons. The highest BCUT2D eigenvalue weighted by molar-refractivity contribution is 7.86. The van der Waals surface area contributed by atoms with Crippen LogP contribution in [0.5, 0.6) is 0 Å². The highest BCUT2D eigenvalue weighted by Gasteiger charge is 2.34. The van der Waals surface area contributed by atoms with Crippen LogP contribution in [-0.2, 0) is 32.1 Å². The number of aromatic nitrogens is 2. The summed E-state index contributed by atoms with van der Waals surface area (Å²) in [4.78, 5) is 21.4. The van der Waals surface area contributed by atoms with Crippen molar-refractivity contribution in [2.75, 3.05) is 17.8 Å². The van der Waals surface area contributed by atoms with Crippen LogP contribution in [0.1, 0.15) is 68.0 Å². The van der Waals surface area contributed by atoms with Crippen molar-refractivity contribution < 1.29 is 17.3 Å². The Morgan fingerprint density at radius 2 is 1.83 bits per heavy atom. The molecule has 1 aromatic heterocycles. The van der Waals surface area contributed by atoms with Gasteiger partial charge < -0.3 is 9.64 Å². The molecule has 0 radical (unpaired) electrons. The first-order valence-electron chi connectivity index (χ1n) is 12.3. The lowest BCUT2D eigenvalue weighted by Gasteiger charge is -2.38. The molecule has 2 aliphatic rings. The summed E-state index contributed by atoms with van der Waals surface area (Å²) in [6.07, 6.45) is 1.66. The summed E-state index contributed by atoms with van der Waals surface area (Å²) >= 11 is 0. The molecule has 0 aliphatic carbocycles. The Balaban J connectivity index is 1.73. The molecule has 0 amide bonds. The zero-order valence-electron chi connectivity index (χ0n) is 21.4. The average molecular weight is 512 g/mol. The lowest BCUT2D eigenvalue weighted by Crippen LogP contribution is -2.40. The van der Waals surface area contributed by atoms with E-state index in [9.17, 15) is 13.2 Å². The molecule has 1 fully saturated rings. The van der Waals surface area contributed by atoms with Crippen LogP contribution in [0.4, 0.5) is 5.95 Å². The number of nitrogens with zero attached hydrogens (tertiary/aromatic N) is 3. The number of hydrogen-bond donors (Lipinski definition) is 0. The first kappa shape index (κ1) is 24.9. The van der Waals surface area contributed by atoms with Gasteiger partial charge in [0.15, 0.2) is 0 Å². The molecule has 2 atom stereocenters. The van der Waals surface area contributed by atoms with Crippen molar-refractivity contribution in [3.63, 3.8) is 0 Å². The van der Waals surface area contributed by atoms with Gasteiger partial charge in [-0.05, 0) is 63.3 Å². The normalized spacial score (nSPS) is 20.5. The summed E-state index contributed by atoms with van der Waals surface area (Å²) in [7, 11) is -3.70. The van der Waals surface area contributed by atoms with E-state index in [0.717, 1.165) is 18.2 Å². The summed E-state index contributed by atoms with van der Waals surface area (Å²) < 4.78 is 36.9. The van der Waals surface area contributed by atoms with E-state index in [0.29, 0.717) is 48.5 Å². The summed E-state index contributed by atoms with van der Waals surface area (Å²) in [5.41, 5.74) is 3.87. The largest absolute Gasteiger partial charge is 0.375 e. The van der Waals surface area contributed by atoms with Gasteiger partial charge >= 0.3 is 0 Å². The highest BCUT2D eigenvalue weighted by Crippen LogP contribution is 2.37. The van der Waals surface area contributed by atoms with Gasteiger partial charge in [-0.15, -0.1) is 0 Å². The molecule has 8 nitrogen and oxygen atoms in total. The number of benzene rings is 2. The van der Waals surface area contributed by atoms with Crippen LogP contribution in [0.2, 0.25) is 0 Å². The van der Waals surface area contributed by atoms with E-state index in [1.54, 1.807) is 6.92 Å². The number of rotatable bonds is 5. The first-order valence-corrected chi connectivity index (χ1v) is 14.1. The van der Waals surface area contributed by atoms with E-state index >= 15 is 0 Å². The van der Waals surface area contributed by atoms with Gasteiger partial charge in [-0.3, -0.25) is 13.5 Å². The van der Waals surface area contributed by atoms with Gasteiger partial charge in [0.1, 0.15) is 6.10 Å². The zero-order chi connectivity index (χ0) is 25.8. The molecule has 1 saturated heterocycles. The molecular weight excluding hydrogens is 478 g/mol. The number of fused-ring (bicyclic) bond motifs is 2. The number of aryl methyl sites for hydroxylation is 1. The van der Waals surface area contributed by atoms with Crippen LogP contribution >= 0.6 is 0 Å². The van der Waals surface area contributed by atoms with E-state index in [1.165, 1.54) is 11.1 Å². The molecule has 2 unspecified atom stereocenters. The van der Waals surface area contributed by atoms with Gasteiger partial charge in [0, 0.05) is 31.3 Å². The molecule has 9 heteroatoms. The quantitative estimate of drug-likeness (QED) is 0.469. The number of ether oxygens (including phenoxy) is 1. The maximum atomic E-state index is 14.2. The van der Waals surface area contributed by atoms with Crippen LogP contribution in [0.25, 0.3) is 10.9 Å². The molecule has 0 saturated carbocycles. The lowest BCUT2D eigenvalue weighted by molar-refractivity contribution is -0.0694. The zero-order valence-corrected chi connectivity index (χ0v) is 22.3. The smallest absolute Gasteiger partial charge is 0.264 e. The Morgan fingerprint density at radius 1 is 1.17 bits per heavy atom. The predicted octanol–water partition coefficient (Wildman–Crippen LogP) is 4.39. The van der Waals surface area contributed by atoms with Gasteiger partial charge in [0.25, 0.3) is 15.7 Å². The second-order valence-corrected chi connectivity index (χ2v) is 12.3. The minimum absolute atomic E-state index is 0.0643. The Labute approximate surface area is 212 Å². The van der Waals surface area contributed by atoms with E-state index in [4.69, 9.17) is 13.9 Å². The number of hydrogen-bond acceptors (Lipinski definition) is 7. The lowest BCUT2D eigenvalue weighted by atomic mass is 9.93. The van der Waals surface area contributed by atoms with E-state index in [1.807, 2.05) is 35.8 Å². The molecule has 3 aromatic rings. The van der Waals surface area contributed by atoms with Crippen molar-refractivity contribution in [3.8, 4) is 0 Å². The molecule has 5 rings (SSSR count). The van der Waals surface area contributed by atoms with Crippen molar-refractivity contribution in [2.24, 2.45) is 0 Å². The van der Waals surface area contributed by atoms with Crippen molar-refractivity contribution in [2.45, 2.75) is 71.4 Å². The van der Waals surface area contributed by atoms with Gasteiger partial charge in [-0.25, -0.2) is 4.98 Å². The minimum atomic E-state index is -3.70. The highest BCUT2D eigenvalue weighted by atomic mass is 32.2. The van der Waals surface area contributed by atoms with Gasteiger partial charge in [-0.2, -0.15) is 8.42 Å². The minimum Gasteiger partial charge on any atom is -0.375 e. The van der Waals surface area contributed by atoms with Gasteiger partial charge in [-0.1, -0.05) is 30.3 Å². The van der Waals surface area contributed by atoms with Crippen LogP contribution in [0.3, 0.4) is 0 Å². The molecule has 0 N–H and O–H groups in total. The second-order valence-electron chi connectivity index (χ2n) is 10.7. The van der Waals surface area contributed by atoms with Crippen LogP contribution < -0.4 is 10.5 Å². The van der Waals surface area contributed by atoms with Crippen molar-refractivity contribution in [1.82, 2.24) is 9.55 Å². The van der Waals surface area contributed by atoms with Crippen molar-refractivity contribution in [3.05, 3.63) is 69.0 Å². The predicted molar refractivity (Wildman–Crippen MR) is 140 cm³/mol. The molecule has 2 aliphatic heterocycles. The van der Waals surface area contributed by atoms with E-state index < -0.39 is 16.2 Å². The third-order valence-electron chi connectivity index (χ3n) is 7.08. The molecule has 0 spiro atoms. The SMILES string of the molecule is Cc1cc(C(C)OS(C)(=O)=O)c2nc(N3Cc4ccccc4C3)n(C3CCOC(C)(C)C3)c(=O)c2c1. The molecule has 36 heavy (non-hydrogen) atoms. The second kappa shape index (κ2) is 8.97. The Morgan fingerprint density at radius 3 is 2.44 bits per heavy atom. The third-order valence-corrected chi connectivity index (χ3v) is 7.72. The fourth-order valence-electron chi connectivity index (χ4n) is 5.54. The standard InChI is InChI=1S/C27H33N3O5S/c1-17-12-22(18(2)35-36(5,32)33)24-23(13-17)25(31)30(21-10-11-34-27(3,4)14-21)26(28-24)29-15-19-8-6-7-9-20(19)16-29/h6-9,12-13,18,21H,10-11,14-16H2,1-5H3. The van der Waals surface area contributed by atoms with Crippen LogP contribution in [-0.4, -0.2) is 36.4 Å². The monoisotopic (exact) mass is 511 g/mol. The topological polar surface area (TPSA) is 90.7 Å². The van der Waals surface area contributed by atoms with E-state index in [2.05, 4.69) is 30.9 Å². The van der Waals surface area contributed by atoms with Crippen molar-refractivity contribution in [1.29, 1.82) is 0 Å². The average Bonchev–Trinajstić information content (AvgIpc) is 3.21. The first-order chi connectivity index (χ1) is 16.9. The molecule has 2 aromatic carbocycles. The summed E-state index contributed by atoms with van der Waals surface area (Å²) in [6.45, 7) is 9.54. The van der Waals surface area contributed by atoms with Crippen LogP contribution in [0, 0.1) is 6.92 Å². The summed E-state index contributed by atoms with van der Waals surface area (Å²) in [6, 6.07) is 11.9. The maximum absolute atomic E-state index is 14.2. The fraction of sp³-hybridized carbons (Fsp3) is 0.481. The maximum Gasteiger partial charge on any atom is 0.264 e.